The van der Waals surface area contributed by atoms with Crippen LogP contribution in [0.4, 0.5) is 11.4 Å². The Morgan fingerprint density at radius 2 is 1.80 bits per heavy atom. The average molecular weight is 330 g/mol. The van der Waals surface area contributed by atoms with Crippen LogP contribution >= 0.6 is 0 Å². The van der Waals surface area contributed by atoms with E-state index in [0.717, 1.165) is 27.7 Å². The van der Waals surface area contributed by atoms with Gasteiger partial charge in [0.2, 0.25) is 0 Å². The molecule has 0 saturated carbocycles. The Balaban J connectivity index is 1.78. The van der Waals surface area contributed by atoms with Crippen LogP contribution in [0.2, 0.25) is 0 Å². The third-order valence-corrected chi connectivity index (χ3v) is 4.66. The standard InChI is InChI=1S/C21H18N2O2/c1-3-23-18-12-11-17(15-5-4-6-16(19(15)18)21(23)25)22-20(24)14-9-7-13(2)8-10-14/h4-12H,3H2,1-2H3,(H,22,24). The van der Waals surface area contributed by atoms with Crippen molar-refractivity contribution >= 4 is 34.0 Å². The number of nitrogens with zero attached hydrogens (tertiary/aromatic N) is 1. The number of amides is 2. The molecule has 0 atom stereocenters. The normalized spacial score (nSPS) is 12.7. The van der Waals surface area contributed by atoms with Crippen LogP contribution in [0.5, 0.6) is 0 Å². The first kappa shape index (κ1) is 15.4. The highest BCUT2D eigenvalue weighted by atomic mass is 16.2. The monoisotopic (exact) mass is 330 g/mol. The van der Waals surface area contributed by atoms with Gasteiger partial charge in [-0.3, -0.25) is 9.59 Å². The van der Waals surface area contributed by atoms with Gasteiger partial charge in [-0.15, -0.1) is 0 Å². The first-order valence-corrected chi connectivity index (χ1v) is 8.35. The van der Waals surface area contributed by atoms with Gasteiger partial charge in [0.15, 0.2) is 0 Å². The Morgan fingerprint density at radius 1 is 1.04 bits per heavy atom. The molecule has 4 heteroatoms. The third-order valence-electron chi connectivity index (χ3n) is 4.66. The second-order valence-corrected chi connectivity index (χ2v) is 6.23. The van der Waals surface area contributed by atoms with Gasteiger partial charge >= 0.3 is 0 Å². The smallest absolute Gasteiger partial charge is 0.258 e. The number of nitrogens with one attached hydrogen (secondary N) is 1. The van der Waals surface area contributed by atoms with Crippen molar-refractivity contribution in [2.75, 3.05) is 16.8 Å². The van der Waals surface area contributed by atoms with Gasteiger partial charge in [-0.2, -0.15) is 0 Å². The predicted molar refractivity (Wildman–Crippen MR) is 100 cm³/mol. The average Bonchev–Trinajstić information content (AvgIpc) is 2.91. The first-order valence-electron chi connectivity index (χ1n) is 8.35. The van der Waals surface area contributed by atoms with Crippen LogP contribution in [-0.2, 0) is 0 Å². The molecule has 1 N–H and O–H groups in total. The Morgan fingerprint density at radius 3 is 2.52 bits per heavy atom. The van der Waals surface area contributed by atoms with Crippen LogP contribution in [0, 0.1) is 6.92 Å². The minimum absolute atomic E-state index is 0.0186. The highest BCUT2D eigenvalue weighted by Crippen LogP contribution is 2.40. The summed E-state index contributed by atoms with van der Waals surface area (Å²) >= 11 is 0. The van der Waals surface area contributed by atoms with Crippen LogP contribution in [0.1, 0.15) is 33.2 Å². The molecule has 3 aromatic rings. The van der Waals surface area contributed by atoms with Crippen molar-refractivity contribution in [3.8, 4) is 0 Å². The number of aryl methyl sites for hydroxylation is 1. The van der Waals surface area contributed by atoms with Gasteiger partial charge in [-0.25, -0.2) is 0 Å². The van der Waals surface area contributed by atoms with E-state index in [1.54, 1.807) is 4.90 Å². The van der Waals surface area contributed by atoms with E-state index in [4.69, 9.17) is 0 Å². The van der Waals surface area contributed by atoms with E-state index in [2.05, 4.69) is 5.32 Å². The SMILES string of the molecule is CCN1C(=O)c2cccc3c(NC(=O)c4ccc(C)cc4)ccc1c23. The number of carbonyl (C=O) groups excluding carboxylic acids is 2. The quantitative estimate of drug-likeness (QED) is 0.775. The lowest BCUT2D eigenvalue weighted by atomic mass is 10.0. The van der Waals surface area contributed by atoms with Gasteiger partial charge in [0, 0.05) is 34.1 Å². The van der Waals surface area contributed by atoms with Crippen molar-refractivity contribution in [2.24, 2.45) is 0 Å². The Bertz CT molecular complexity index is 1010. The maximum Gasteiger partial charge on any atom is 0.258 e. The summed E-state index contributed by atoms with van der Waals surface area (Å²) in [6.45, 7) is 4.57. The molecule has 4 nitrogen and oxygen atoms in total. The summed E-state index contributed by atoms with van der Waals surface area (Å²) in [5, 5.41) is 4.78. The van der Waals surface area contributed by atoms with E-state index in [9.17, 15) is 9.59 Å². The van der Waals surface area contributed by atoms with Crippen molar-refractivity contribution in [2.45, 2.75) is 13.8 Å². The van der Waals surface area contributed by atoms with Gasteiger partial charge in [0.05, 0.1) is 5.69 Å². The second kappa shape index (κ2) is 5.74. The largest absolute Gasteiger partial charge is 0.321 e. The molecular weight excluding hydrogens is 312 g/mol. The van der Waals surface area contributed by atoms with Gasteiger partial charge < -0.3 is 10.2 Å². The highest BCUT2D eigenvalue weighted by molar-refractivity contribution is 6.27. The zero-order valence-electron chi connectivity index (χ0n) is 14.2. The van der Waals surface area contributed by atoms with Crippen molar-refractivity contribution in [1.29, 1.82) is 0 Å². The molecule has 2 amide bonds. The van der Waals surface area contributed by atoms with Gasteiger partial charge in [-0.05, 0) is 44.2 Å². The summed E-state index contributed by atoms with van der Waals surface area (Å²) in [5.41, 5.74) is 4.05. The minimum atomic E-state index is -0.155. The Labute approximate surface area is 146 Å². The molecule has 3 aromatic carbocycles. The third kappa shape index (κ3) is 2.38. The fourth-order valence-corrected chi connectivity index (χ4v) is 3.37. The van der Waals surface area contributed by atoms with Crippen molar-refractivity contribution < 1.29 is 9.59 Å². The summed E-state index contributed by atoms with van der Waals surface area (Å²) in [6, 6.07) is 16.9. The minimum Gasteiger partial charge on any atom is -0.321 e. The topological polar surface area (TPSA) is 49.4 Å². The first-order chi connectivity index (χ1) is 12.1. The van der Waals surface area contributed by atoms with E-state index in [1.807, 2.05) is 68.4 Å². The maximum atomic E-state index is 12.6. The molecule has 0 bridgehead atoms. The summed E-state index contributed by atoms with van der Waals surface area (Å²) in [5.74, 6) is -0.137. The number of rotatable bonds is 3. The summed E-state index contributed by atoms with van der Waals surface area (Å²) in [4.78, 5) is 26.9. The van der Waals surface area contributed by atoms with E-state index in [0.29, 0.717) is 17.7 Å². The molecule has 0 aromatic heterocycles. The lowest BCUT2D eigenvalue weighted by Crippen LogP contribution is -2.25. The lowest BCUT2D eigenvalue weighted by molar-refractivity contribution is 0.0992. The van der Waals surface area contributed by atoms with E-state index in [1.165, 1.54) is 0 Å². The summed E-state index contributed by atoms with van der Waals surface area (Å²) in [7, 11) is 0. The Kier molecular flexibility index (Phi) is 3.53. The van der Waals surface area contributed by atoms with E-state index >= 15 is 0 Å². The number of carbonyl (C=O) groups is 2. The fraction of sp³-hybridized carbons (Fsp3) is 0.143. The maximum absolute atomic E-state index is 12.6. The zero-order valence-corrected chi connectivity index (χ0v) is 14.2. The molecule has 0 unspecified atom stereocenters. The summed E-state index contributed by atoms with van der Waals surface area (Å²) < 4.78 is 0. The van der Waals surface area contributed by atoms with Gasteiger partial charge in [-0.1, -0.05) is 29.8 Å². The molecule has 1 heterocycles. The molecule has 1 aliphatic heterocycles. The summed E-state index contributed by atoms with van der Waals surface area (Å²) in [6.07, 6.45) is 0. The van der Waals surface area contributed by atoms with Gasteiger partial charge in [0.25, 0.3) is 11.8 Å². The molecule has 124 valence electrons. The molecule has 0 saturated heterocycles. The van der Waals surface area contributed by atoms with Gasteiger partial charge in [0.1, 0.15) is 0 Å². The van der Waals surface area contributed by atoms with Crippen LogP contribution in [0.3, 0.4) is 0 Å². The second-order valence-electron chi connectivity index (χ2n) is 6.23. The van der Waals surface area contributed by atoms with Crippen LogP contribution < -0.4 is 10.2 Å². The molecule has 1 aliphatic rings. The lowest BCUT2D eigenvalue weighted by Gasteiger charge is -2.15. The fourth-order valence-electron chi connectivity index (χ4n) is 3.37. The highest BCUT2D eigenvalue weighted by Gasteiger charge is 2.29. The Hall–Kier alpha value is -3.14. The van der Waals surface area contributed by atoms with E-state index < -0.39 is 0 Å². The zero-order chi connectivity index (χ0) is 17.6. The van der Waals surface area contributed by atoms with Crippen LogP contribution in [0.15, 0.2) is 54.6 Å². The van der Waals surface area contributed by atoms with Crippen LogP contribution in [-0.4, -0.2) is 18.4 Å². The molecule has 25 heavy (non-hydrogen) atoms. The number of hydrogen-bond donors (Lipinski definition) is 1. The number of benzene rings is 3. The van der Waals surface area contributed by atoms with E-state index in [-0.39, 0.29) is 11.8 Å². The molecule has 0 fully saturated rings. The number of hydrogen-bond acceptors (Lipinski definition) is 2. The molecule has 0 radical (unpaired) electrons. The molecule has 0 aliphatic carbocycles. The predicted octanol–water partition coefficient (Wildman–Crippen LogP) is 4.38. The molecule has 0 spiro atoms. The van der Waals surface area contributed by atoms with Crippen molar-refractivity contribution in [3.63, 3.8) is 0 Å². The van der Waals surface area contributed by atoms with Crippen molar-refractivity contribution in [1.82, 2.24) is 0 Å². The molecular formula is C21H18N2O2. The number of anilines is 2. The van der Waals surface area contributed by atoms with Crippen LogP contribution in [0.25, 0.3) is 10.8 Å². The van der Waals surface area contributed by atoms with Crippen molar-refractivity contribution in [3.05, 3.63) is 71.3 Å². The molecule has 4 rings (SSSR count).